The molecule has 0 fully saturated rings. The molecule has 0 spiro atoms. The van der Waals surface area contributed by atoms with E-state index in [2.05, 4.69) is 19.8 Å². The molecule has 3 heterocycles. The van der Waals surface area contributed by atoms with Gasteiger partial charge in [-0.15, -0.1) is 0 Å². The first-order valence-corrected chi connectivity index (χ1v) is 8.72. The summed E-state index contributed by atoms with van der Waals surface area (Å²) < 4.78 is 8.35. The molecule has 0 N–H and O–H groups in total. The summed E-state index contributed by atoms with van der Waals surface area (Å²) in [6.07, 6.45) is 7.30. The van der Waals surface area contributed by atoms with E-state index in [0.29, 0.717) is 11.7 Å². The molecular formula is C19H16ClN5O2. The monoisotopic (exact) mass is 381 g/mol. The van der Waals surface area contributed by atoms with Gasteiger partial charge in [0.15, 0.2) is 0 Å². The molecule has 0 bridgehead atoms. The van der Waals surface area contributed by atoms with Crippen molar-refractivity contribution >= 4 is 28.6 Å². The number of nitrogens with zero attached hydrogens (tertiary/aromatic N) is 5. The number of benzene rings is 1. The van der Waals surface area contributed by atoms with Crippen LogP contribution in [0.3, 0.4) is 0 Å². The molecule has 4 rings (SSSR count). The van der Waals surface area contributed by atoms with Crippen LogP contribution in [0.25, 0.3) is 27.8 Å². The van der Waals surface area contributed by atoms with Gasteiger partial charge >= 0.3 is 5.97 Å². The Morgan fingerprint density at radius 1 is 1.19 bits per heavy atom. The van der Waals surface area contributed by atoms with E-state index in [0.717, 1.165) is 27.8 Å². The van der Waals surface area contributed by atoms with E-state index >= 15 is 0 Å². The lowest BCUT2D eigenvalue weighted by Crippen LogP contribution is -2.07. The van der Waals surface area contributed by atoms with E-state index in [1.165, 1.54) is 13.4 Å². The van der Waals surface area contributed by atoms with Gasteiger partial charge in [0, 0.05) is 29.2 Å². The van der Waals surface area contributed by atoms with Crippen LogP contribution in [0.2, 0.25) is 5.15 Å². The van der Waals surface area contributed by atoms with Gasteiger partial charge in [-0.2, -0.15) is 5.10 Å². The lowest BCUT2D eigenvalue weighted by Gasteiger charge is -2.03. The lowest BCUT2D eigenvalue weighted by atomic mass is 10.1. The topological polar surface area (TPSA) is 74.8 Å². The lowest BCUT2D eigenvalue weighted by molar-refractivity contribution is -0.140. The summed E-state index contributed by atoms with van der Waals surface area (Å²) in [4.78, 5) is 19.9. The standard InChI is InChI=1S/C19H16ClN5O2/c1-27-16(26)7-8-24-10-13(9-23-24)15-11-25(14-5-3-2-4-6-14)19-17(15)18(20)21-12-22-19/h2-6,9-12H,7-8H2,1H3. The fourth-order valence-corrected chi connectivity index (χ4v) is 3.19. The number of aromatic nitrogens is 5. The molecule has 1 aromatic carbocycles. The SMILES string of the molecule is COC(=O)CCn1cc(-c2cn(-c3ccccc3)c3ncnc(Cl)c23)cn1. The van der Waals surface area contributed by atoms with E-state index in [9.17, 15) is 4.79 Å². The number of halogens is 1. The van der Waals surface area contributed by atoms with Gasteiger partial charge in [-0.25, -0.2) is 9.97 Å². The van der Waals surface area contributed by atoms with Gasteiger partial charge in [0.25, 0.3) is 0 Å². The van der Waals surface area contributed by atoms with Gasteiger partial charge in [-0.1, -0.05) is 29.8 Å². The smallest absolute Gasteiger partial charge is 0.307 e. The Hall–Kier alpha value is -3.19. The molecule has 0 aliphatic carbocycles. The normalized spacial score (nSPS) is 11.0. The van der Waals surface area contributed by atoms with Gasteiger partial charge in [-0.3, -0.25) is 9.48 Å². The summed E-state index contributed by atoms with van der Waals surface area (Å²) in [6, 6.07) is 9.89. The third kappa shape index (κ3) is 3.29. The summed E-state index contributed by atoms with van der Waals surface area (Å²) in [5, 5.41) is 5.47. The van der Waals surface area contributed by atoms with Crippen molar-refractivity contribution < 1.29 is 9.53 Å². The van der Waals surface area contributed by atoms with Gasteiger partial charge in [-0.05, 0) is 12.1 Å². The Labute approximate surface area is 160 Å². The number of fused-ring (bicyclic) bond motifs is 1. The average molecular weight is 382 g/mol. The van der Waals surface area contributed by atoms with E-state index < -0.39 is 0 Å². The zero-order valence-electron chi connectivity index (χ0n) is 14.5. The third-order valence-electron chi connectivity index (χ3n) is 4.29. The summed E-state index contributed by atoms with van der Waals surface area (Å²) >= 11 is 6.39. The fourth-order valence-electron chi connectivity index (χ4n) is 2.96. The minimum Gasteiger partial charge on any atom is -0.469 e. The molecular weight excluding hydrogens is 366 g/mol. The number of carbonyl (C=O) groups excluding carboxylic acids is 1. The Bertz CT molecular complexity index is 1100. The van der Waals surface area contributed by atoms with Crippen LogP contribution in [0, 0.1) is 0 Å². The molecule has 7 nitrogen and oxygen atoms in total. The summed E-state index contributed by atoms with van der Waals surface area (Å²) in [5.74, 6) is -0.274. The zero-order valence-corrected chi connectivity index (χ0v) is 15.3. The summed E-state index contributed by atoms with van der Waals surface area (Å²) in [7, 11) is 1.37. The van der Waals surface area contributed by atoms with Crippen LogP contribution in [-0.4, -0.2) is 37.4 Å². The van der Waals surface area contributed by atoms with Crippen LogP contribution in [-0.2, 0) is 16.1 Å². The molecule has 0 aliphatic heterocycles. The molecule has 3 aromatic heterocycles. The molecule has 4 aromatic rings. The van der Waals surface area contributed by atoms with Crippen molar-refractivity contribution in [2.24, 2.45) is 0 Å². The van der Waals surface area contributed by atoms with Gasteiger partial charge in [0.2, 0.25) is 0 Å². The fraction of sp³-hybridized carbons (Fsp3) is 0.158. The molecule has 27 heavy (non-hydrogen) atoms. The second-order valence-electron chi connectivity index (χ2n) is 5.93. The highest BCUT2D eigenvalue weighted by atomic mass is 35.5. The van der Waals surface area contributed by atoms with Crippen LogP contribution in [0.15, 0.2) is 55.2 Å². The summed E-state index contributed by atoms with van der Waals surface area (Å²) in [6.45, 7) is 0.439. The first-order valence-electron chi connectivity index (χ1n) is 8.34. The third-order valence-corrected chi connectivity index (χ3v) is 4.57. The molecule has 0 atom stereocenters. The molecule has 8 heteroatoms. The summed E-state index contributed by atoms with van der Waals surface area (Å²) in [5.41, 5.74) is 3.44. The number of para-hydroxylation sites is 1. The van der Waals surface area contributed by atoms with Crippen LogP contribution in [0.5, 0.6) is 0 Å². The number of carbonyl (C=O) groups is 1. The van der Waals surface area contributed by atoms with Crippen molar-refractivity contribution in [1.29, 1.82) is 0 Å². The quantitative estimate of drug-likeness (QED) is 0.390. The highest BCUT2D eigenvalue weighted by Gasteiger charge is 2.17. The van der Waals surface area contributed by atoms with Crippen molar-refractivity contribution in [2.45, 2.75) is 13.0 Å². The number of esters is 1. The van der Waals surface area contributed by atoms with Gasteiger partial charge in [0.05, 0.1) is 31.7 Å². The Kier molecular flexibility index (Phi) is 4.60. The van der Waals surface area contributed by atoms with Crippen molar-refractivity contribution in [3.63, 3.8) is 0 Å². The van der Waals surface area contributed by atoms with Gasteiger partial charge < -0.3 is 9.30 Å². The number of aryl methyl sites for hydroxylation is 1. The molecule has 136 valence electrons. The molecule has 0 saturated carbocycles. The minimum atomic E-state index is -0.274. The second-order valence-corrected chi connectivity index (χ2v) is 6.29. The second kappa shape index (κ2) is 7.20. The maximum Gasteiger partial charge on any atom is 0.307 e. The van der Waals surface area contributed by atoms with Crippen molar-refractivity contribution in [1.82, 2.24) is 24.3 Å². The van der Waals surface area contributed by atoms with Crippen molar-refractivity contribution in [2.75, 3.05) is 7.11 Å². The number of ether oxygens (including phenoxy) is 1. The Morgan fingerprint density at radius 3 is 2.78 bits per heavy atom. The maximum atomic E-state index is 11.3. The Balaban J connectivity index is 1.79. The molecule has 0 amide bonds. The highest BCUT2D eigenvalue weighted by molar-refractivity contribution is 6.35. The number of rotatable bonds is 5. The van der Waals surface area contributed by atoms with E-state index in [1.807, 2.05) is 47.3 Å². The van der Waals surface area contributed by atoms with Crippen LogP contribution in [0.1, 0.15) is 6.42 Å². The predicted molar refractivity (Wildman–Crippen MR) is 102 cm³/mol. The van der Waals surface area contributed by atoms with Crippen LogP contribution >= 0.6 is 11.6 Å². The molecule has 0 radical (unpaired) electrons. The number of hydrogen-bond acceptors (Lipinski definition) is 5. The van der Waals surface area contributed by atoms with Gasteiger partial charge in [0.1, 0.15) is 17.1 Å². The zero-order chi connectivity index (χ0) is 18.8. The molecule has 0 aliphatic rings. The van der Waals surface area contributed by atoms with E-state index in [4.69, 9.17) is 11.6 Å². The van der Waals surface area contributed by atoms with E-state index in [-0.39, 0.29) is 12.4 Å². The largest absolute Gasteiger partial charge is 0.469 e. The first kappa shape index (κ1) is 17.2. The van der Waals surface area contributed by atoms with Crippen LogP contribution < -0.4 is 0 Å². The predicted octanol–water partition coefficient (Wildman–Crippen LogP) is 3.50. The number of methoxy groups -OCH3 is 1. The first-order chi connectivity index (χ1) is 13.2. The number of hydrogen-bond donors (Lipinski definition) is 0. The molecule has 0 unspecified atom stereocenters. The minimum absolute atomic E-state index is 0.257. The average Bonchev–Trinajstić information content (AvgIpc) is 3.32. The van der Waals surface area contributed by atoms with Crippen molar-refractivity contribution in [3.05, 3.63) is 60.4 Å². The molecule has 0 saturated heterocycles. The maximum absolute atomic E-state index is 11.3. The van der Waals surface area contributed by atoms with Crippen molar-refractivity contribution in [3.8, 4) is 16.8 Å². The highest BCUT2D eigenvalue weighted by Crippen LogP contribution is 2.34. The van der Waals surface area contributed by atoms with E-state index in [1.54, 1.807) is 10.9 Å². The Morgan fingerprint density at radius 2 is 2.00 bits per heavy atom. The van der Waals surface area contributed by atoms with Crippen LogP contribution in [0.4, 0.5) is 0 Å².